The average Bonchev–Trinajstić information content (AvgIpc) is 3.50. The number of ether oxygens (including phenoxy) is 3. The number of thioether (sulfide) groups is 1. The van der Waals surface area contributed by atoms with E-state index in [4.69, 9.17) is 23.0 Å². The van der Waals surface area contributed by atoms with Crippen LogP contribution in [-0.4, -0.2) is 35.0 Å². The maximum Gasteiger partial charge on any atom is 0.277 e. The van der Waals surface area contributed by atoms with E-state index in [0.29, 0.717) is 65.4 Å². The van der Waals surface area contributed by atoms with Gasteiger partial charge < -0.3 is 23.0 Å². The normalized spacial score (nSPS) is 10.9. The Hall–Kier alpha value is -3.46. The molecule has 2 aromatic heterocycles. The number of oxazole rings is 1. The molecule has 4 aromatic rings. The molecule has 0 fully saturated rings. The fourth-order valence-electron chi connectivity index (χ4n) is 3.12. The van der Waals surface area contributed by atoms with E-state index in [1.54, 1.807) is 6.26 Å². The predicted octanol–water partition coefficient (Wildman–Crippen LogP) is 5.88. The van der Waals surface area contributed by atoms with Gasteiger partial charge in [-0.15, -0.1) is 10.2 Å². The number of benzene rings is 2. The first-order valence-electron chi connectivity index (χ1n) is 10.7. The largest absolute Gasteiger partial charge is 0.490 e. The zero-order valence-corrected chi connectivity index (χ0v) is 19.6. The molecule has 0 aliphatic carbocycles. The van der Waals surface area contributed by atoms with Crippen LogP contribution in [0.15, 0.2) is 62.8 Å². The Balaban J connectivity index is 1.50. The fourth-order valence-corrected chi connectivity index (χ4v) is 3.76. The molecule has 0 unspecified atom stereocenters. The number of nitrogens with zero attached hydrogens (tertiary/aromatic N) is 3. The third-order valence-electron chi connectivity index (χ3n) is 4.48. The molecule has 2 aromatic carbocycles. The average molecular weight is 468 g/mol. The van der Waals surface area contributed by atoms with Crippen LogP contribution in [0.1, 0.15) is 26.5 Å². The highest BCUT2D eigenvalue weighted by Crippen LogP contribution is 2.42. The quantitative estimate of drug-likeness (QED) is 0.251. The molecular formula is C24H25N3O5S. The third kappa shape index (κ3) is 5.48. The molecule has 33 heavy (non-hydrogen) atoms. The lowest BCUT2D eigenvalue weighted by molar-refractivity contribution is 0.261. The number of hydrogen-bond acceptors (Lipinski definition) is 9. The Kier molecular flexibility index (Phi) is 7.51. The third-order valence-corrected chi connectivity index (χ3v) is 5.33. The fraction of sp³-hybridized carbons (Fsp3) is 0.292. The molecule has 0 saturated heterocycles. The predicted molar refractivity (Wildman–Crippen MR) is 125 cm³/mol. The molecule has 0 saturated carbocycles. The van der Waals surface area contributed by atoms with E-state index < -0.39 is 0 Å². The topological polar surface area (TPSA) is 92.6 Å². The van der Waals surface area contributed by atoms with Crippen LogP contribution >= 0.6 is 11.8 Å². The SMILES string of the molecule is CCOc1cc(-c2nnc(SCc3coc(-c4ccccc4)n3)o2)cc(OCC)c1OCC. The van der Waals surface area contributed by atoms with Gasteiger partial charge >= 0.3 is 0 Å². The number of aromatic nitrogens is 3. The van der Waals surface area contributed by atoms with Gasteiger partial charge in [0, 0.05) is 16.9 Å². The summed E-state index contributed by atoms with van der Waals surface area (Å²) in [5, 5.41) is 8.78. The van der Waals surface area contributed by atoms with Gasteiger partial charge in [-0.25, -0.2) is 4.98 Å². The van der Waals surface area contributed by atoms with Gasteiger partial charge in [0.25, 0.3) is 5.22 Å². The van der Waals surface area contributed by atoms with E-state index in [1.165, 1.54) is 11.8 Å². The highest BCUT2D eigenvalue weighted by atomic mass is 32.2. The van der Waals surface area contributed by atoms with Crippen molar-refractivity contribution in [2.75, 3.05) is 19.8 Å². The van der Waals surface area contributed by atoms with E-state index >= 15 is 0 Å². The first-order chi connectivity index (χ1) is 16.2. The van der Waals surface area contributed by atoms with E-state index in [9.17, 15) is 0 Å². The van der Waals surface area contributed by atoms with Crippen molar-refractivity contribution < 1.29 is 23.0 Å². The van der Waals surface area contributed by atoms with Crippen molar-refractivity contribution in [3.8, 4) is 40.2 Å². The minimum Gasteiger partial charge on any atom is -0.490 e. The molecule has 2 heterocycles. The second kappa shape index (κ2) is 10.9. The first kappa shape index (κ1) is 22.7. The van der Waals surface area contributed by atoms with Crippen LogP contribution in [0.2, 0.25) is 0 Å². The number of hydrogen-bond donors (Lipinski definition) is 0. The zero-order chi connectivity index (χ0) is 23.0. The van der Waals surface area contributed by atoms with Crippen molar-refractivity contribution in [1.82, 2.24) is 15.2 Å². The Labute approximate surface area is 196 Å². The van der Waals surface area contributed by atoms with Crippen LogP contribution < -0.4 is 14.2 Å². The minimum absolute atomic E-state index is 0.368. The van der Waals surface area contributed by atoms with Gasteiger partial charge in [-0.1, -0.05) is 30.0 Å². The second-order valence-corrected chi connectivity index (χ2v) is 7.70. The molecule has 0 N–H and O–H groups in total. The second-order valence-electron chi connectivity index (χ2n) is 6.77. The lowest BCUT2D eigenvalue weighted by atomic mass is 10.2. The first-order valence-corrected chi connectivity index (χ1v) is 11.7. The molecule has 9 heteroatoms. The molecule has 0 atom stereocenters. The maximum atomic E-state index is 5.88. The molecule has 0 radical (unpaired) electrons. The van der Waals surface area contributed by atoms with Gasteiger partial charge in [-0.3, -0.25) is 0 Å². The summed E-state index contributed by atoms with van der Waals surface area (Å²) in [7, 11) is 0. The van der Waals surface area contributed by atoms with E-state index in [-0.39, 0.29) is 0 Å². The molecule has 0 aliphatic rings. The summed E-state index contributed by atoms with van der Waals surface area (Å²) in [6.07, 6.45) is 1.64. The Morgan fingerprint density at radius 2 is 1.52 bits per heavy atom. The highest BCUT2D eigenvalue weighted by Gasteiger charge is 2.19. The summed E-state index contributed by atoms with van der Waals surface area (Å²) < 4.78 is 28.8. The summed E-state index contributed by atoms with van der Waals surface area (Å²) >= 11 is 1.39. The number of rotatable bonds is 11. The summed E-state index contributed by atoms with van der Waals surface area (Å²) in [5.74, 6) is 3.20. The smallest absolute Gasteiger partial charge is 0.277 e. The van der Waals surface area contributed by atoms with Crippen molar-refractivity contribution in [2.24, 2.45) is 0 Å². The molecule has 8 nitrogen and oxygen atoms in total. The Morgan fingerprint density at radius 1 is 0.818 bits per heavy atom. The summed E-state index contributed by atoms with van der Waals surface area (Å²) in [5.41, 5.74) is 2.41. The van der Waals surface area contributed by atoms with Crippen molar-refractivity contribution in [2.45, 2.75) is 31.7 Å². The van der Waals surface area contributed by atoms with Gasteiger partial charge in [0.2, 0.25) is 17.5 Å². The molecule has 0 spiro atoms. The van der Waals surface area contributed by atoms with Gasteiger partial charge in [-0.2, -0.15) is 0 Å². The maximum absolute atomic E-state index is 5.88. The van der Waals surface area contributed by atoms with Crippen molar-refractivity contribution in [1.29, 1.82) is 0 Å². The lowest BCUT2D eigenvalue weighted by Gasteiger charge is -2.16. The van der Waals surface area contributed by atoms with Crippen molar-refractivity contribution in [3.63, 3.8) is 0 Å². The summed E-state index contributed by atoms with van der Waals surface area (Å²) in [6, 6.07) is 13.4. The summed E-state index contributed by atoms with van der Waals surface area (Å²) in [6.45, 7) is 7.22. The molecular weight excluding hydrogens is 442 g/mol. The van der Waals surface area contributed by atoms with Crippen molar-refractivity contribution in [3.05, 3.63) is 54.4 Å². The summed E-state index contributed by atoms with van der Waals surface area (Å²) in [4.78, 5) is 4.53. The van der Waals surface area contributed by atoms with E-state index in [2.05, 4.69) is 15.2 Å². The lowest BCUT2D eigenvalue weighted by Crippen LogP contribution is -2.03. The highest BCUT2D eigenvalue weighted by molar-refractivity contribution is 7.98. The van der Waals surface area contributed by atoms with Crippen LogP contribution in [0.3, 0.4) is 0 Å². The zero-order valence-electron chi connectivity index (χ0n) is 18.7. The molecule has 4 rings (SSSR count). The van der Waals surface area contributed by atoms with Crippen LogP contribution in [0.25, 0.3) is 22.9 Å². The van der Waals surface area contributed by atoms with Crippen LogP contribution in [0, 0.1) is 0 Å². The van der Waals surface area contributed by atoms with E-state index in [0.717, 1.165) is 11.3 Å². The molecule has 172 valence electrons. The van der Waals surface area contributed by atoms with Crippen LogP contribution in [0.4, 0.5) is 0 Å². The standard InChI is InChI=1S/C24H25N3O5S/c1-4-28-19-12-17(13-20(29-5-2)21(19)30-6-3)23-26-27-24(32-23)33-15-18-14-31-22(25-18)16-10-8-7-9-11-16/h7-14H,4-6,15H2,1-3H3. The molecule has 0 amide bonds. The van der Waals surface area contributed by atoms with Crippen LogP contribution in [-0.2, 0) is 5.75 Å². The van der Waals surface area contributed by atoms with Crippen LogP contribution in [0.5, 0.6) is 17.2 Å². The monoisotopic (exact) mass is 467 g/mol. The molecule has 0 aliphatic heterocycles. The van der Waals surface area contributed by atoms with Gasteiger partial charge in [-0.05, 0) is 45.0 Å². The molecule has 0 bridgehead atoms. The van der Waals surface area contributed by atoms with Crippen molar-refractivity contribution >= 4 is 11.8 Å². The van der Waals surface area contributed by atoms with Gasteiger partial charge in [0.05, 0.1) is 25.5 Å². The minimum atomic E-state index is 0.368. The van der Waals surface area contributed by atoms with Gasteiger partial charge in [0.1, 0.15) is 6.26 Å². The Morgan fingerprint density at radius 3 is 2.18 bits per heavy atom. The van der Waals surface area contributed by atoms with Gasteiger partial charge in [0.15, 0.2) is 11.5 Å². The van der Waals surface area contributed by atoms with E-state index in [1.807, 2.05) is 63.2 Å². The Bertz CT molecular complexity index is 1150.